The minimum absolute atomic E-state index is 0.106. The predicted molar refractivity (Wildman–Crippen MR) is 120 cm³/mol. The standard InChI is InChI=1S/C24H27F2N5O4/c1-13-28-29-20(35-13)8-7-19(32)22(24(2,3)4)27-23(33)31-18-9-10-34-12-15(18)21(30-31)14-5-6-16(25)17(26)11-14/h5-6,11,22H,7-10,12H2,1-4H3,(H,27,33)/t22-/m1/s1. The molecule has 1 aliphatic heterocycles. The molecule has 0 spiro atoms. The molecule has 0 saturated heterocycles. The summed E-state index contributed by atoms with van der Waals surface area (Å²) < 4.78 is 39.4. The van der Waals surface area contributed by atoms with Crippen molar-refractivity contribution >= 4 is 11.8 Å². The van der Waals surface area contributed by atoms with Gasteiger partial charge in [0.05, 0.1) is 30.6 Å². The second kappa shape index (κ2) is 9.65. The fourth-order valence-electron chi connectivity index (χ4n) is 4.06. The van der Waals surface area contributed by atoms with Crippen LogP contribution in [0.1, 0.15) is 50.2 Å². The molecule has 3 aromatic rings. The third-order valence-corrected chi connectivity index (χ3v) is 5.81. The summed E-state index contributed by atoms with van der Waals surface area (Å²) in [5.41, 5.74) is 1.31. The molecule has 9 nitrogen and oxygen atoms in total. The number of Topliss-reactive ketones (excluding diaryl/α,β-unsaturated/α-hetero) is 1. The first kappa shape index (κ1) is 24.6. The molecule has 1 aromatic carbocycles. The number of ether oxygens (including phenoxy) is 1. The summed E-state index contributed by atoms with van der Waals surface area (Å²) in [6, 6.07) is 2.05. The van der Waals surface area contributed by atoms with Gasteiger partial charge in [-0.15, -0.1) is 10.2 Å². The maximum Gasteiger partial charge on any atom is 0.342 e. The van der Waals surface area contributed by atoms with Crippen LogP contribution in [0.4, 0.5) is 13.6 Å². The second-order valence-electron chi connectivity index (χ2n) is 9.55. The summed E-state index contributed by atoms with van der Waals surface area (Å²) in [6.07, 6.45) is 0.774. The lowest BCUT2D eigenvalue weighted by Crippen LogP contribution is -2.51. The van der Waals surface area contributed by atoms with Gasteiger partial charge in [0, 0.05) is 37.3 Å². The quantitative estimate of drug-likeness (QED) is 0.563. The summed E-state index contributed by atoms with van der Waals surface area (Å²) in [6.45, 7) is 7.79. The summed E-state index contributed by atoms with van der Waals surface area (Å²) in [5, 5.41) is 14.9. The average molecular weight is 488 g/mol. The Hall–Kier alpha value is -3.47. The van der Waals surface area contributed by atoms with Crippen LogP contribution in [0.3, 0.4) is 0 Å². The van der Waals surface area contributed by atoms with Gasteiger partial charge in [-0.05, 0) is 23.6 Å². The molecule has 1 amide bonds. The van der Waals surface area contributed by atoms with E-state index in [4.69, 9.17) is 9.15 Å². The predicted octanol–water partition coefficient (Wildman–Crippen LogP) is 3.77. The van der Waals surface area contributed by atoms with Crippen molar-refractivity contribution in [2.24, 2.45) is 5.41 Å². The van der Waals surface area contributed by atoms with Crippen molar-refractivity contribution in [3.8, 4) is 11.3 Å². The van der Waals surface area contributed by atoms with Crippen molar-refractivity contribution in [1.29, 1.82) is 0 Å². The number of hydrogen-bond donors (Lipinski definition) is 1. The lowest BCUT2D eigenvalue weighted by molar-refractivity contribution is -0.123. The van der Waals surface area contributed by atoms with Crippen LogP contribution >= 0.6 is 0 Å². The second-order valence-corrected chi connectivity index (χ2v) is 9.55. The Kier molecular flexibility index (Phi) is 6.79. The molecule has 0 unspecified atom stereocenters. The fourth-order valence-corrected chi connectivity index (χ4v) is 4.06. The first-order valence-corrected chi connectivity index (χ1v) is 11.3. The zero-order valence-corrected chi connectivity index (χ0v) is 20.0. The Labute approximate surface area is 200 Å². The zero-order chi connectivity index (χ0) is 25.3. The molecule has 3 heterocycles. The van der Waals surface area contributed by atoms with E-state index in [1.54, 1.807) is 6.92 Å². The molecule has 1 aliphatic rings. The highest BCUT2D eigenvalue weighted by Crippen LogP contribution is 2.30. The SMILES string of the molecule is Cc1nnc(CCC(=O)[C@@H](NC(=O)n2nc(-c3ccc(F)c(F)c3)c3c2CCOC3)C(C)(C)C)o1. The van der Waals surface area contributed by atoms with E-state index in [0.717, 1.165) is 12.1 Å². The van der Waals surface area contributed by atoms with E-state index in [2.05, 4.69) is 20.6 Å². The molecule has 0 radical (unpaired) electrons. The third kappa shape index (κ3) is 5.29. The number of carbonyl (C=O) groups excluding carboxylic acids is 2. The Bertz CT molecular complexity index is 1260. The van der Waals surface area contributed by atoms with E-state index >= 15 is 0 Å². The van der Waals surface area contributed by atoms with E-state index in [0.29, 0.717) is 47.3 Å². The highest BCUT2D eigenvalue weighted by Gasteiger charge is 2.34. The van der Waals surface area contributed by atoms with Crippen molar-refractivity contribution in [2.75, 3.05) is 6.61 Å². The first-order chi connectivity index (χ1) is 16.5. The number of aromatic nitrogens is 4. The maximum atomic E-state index is 13.9. The smallest absolute Gasteiger partial charge is 0.342 e. The van der Waals surface area contributed by atoms with Gasteiger partial charge in [-0.1, -0.05) is 20.8 Å². The van der Waals surface area contributed by atoms with Crippen molar-refractivity contribution in [2.45, 2.75) is 59.6 Å². The van der Waals surface area contributed by atoms with Crippen LogP contribution in [0.25, 0.3) is 11.3 Å². The van der Waals surface area contributed by atoms with Crippen molar-refractivity contribution in [1.82, 2.24) is 25.3 Å². The van der Waals surface area contributed by atoms with E-state index in [1.165, 1.54) is 10.7 Å². The molecule has 1 N–H and O–H groups in total. The monoisotopic (exact) mass is 487 g/mol. The maximum absolute atomic E-state index is 13.9. The Morgan fingerprint density at radius 2 is 1.97 bits per heavy atom. The molecule has 2 aromatic heterocycles. The van der Waals surface area contributed by atoms with Gasteiger partial charge in [0.1, 0.15) is 0 Å². The Balaban J connectivity index is 1.59. The highest BCUT2D eigenvalue weighted by molar-refractivity contribution is 5.90. The number of nitrogens with zero attached hydrogens (tertiary/aromatic N) is 4. The van der Waals surface area contributed by atoms with E-state index in [-0.39, 0.29) is 25.2 Å². The van der Waals surface area contributed by atoms with Gasteiger partial charge in [0.25, 0.3) is 0 Å². The summed E-state index contributed by atoms with van der Waals surface area (Å²) >= 11 is 0. The van der Waals surface area contributed by atoms with Crippen LogP contribution in [-0.4, -0.2) is 44.4 Å². The third-order valence-electron chi connectivity index (χ3n) is 5.81. The van der Waals surface area contributed by atoms with E-state index in [1.807, 2.05) is 20.8 Å². The molecule has 1 atom stereocenters. The molecular weight excluding hydrogens is 460 g/mol. The van der Waals surface area contributed by atoms with Gasteiger partial charge < -0.3 is 14.5 Å². The highest BCUT2D eigenvalue weighted by atomic mass is 19.2. The van der Waals surface area contributed by atoms with Crippen LogP contribution in [-0.2, 0) is 29.0 Å². The number of ketones is 1. The lowest BCUT2D eigenvalue weighted by atomic mass is 9.83. The Morgan fingerprint density at radius 1 is 1.20 bits per heavy atom. The number of hydrogen-bond acceptors (Lipinski definition) is 7. The summed E-state index contributed by atoms with van der Waals surface area (Å²) in [4.78, 5) is 26.4. The number of benzene rings is 1. The topological polar surface area (TPSA) is 112 Å². The number of aryl methyl sites for hydroxylation is 2. The Morgan fingerprint density at radius 3 is 2.63 bits per heavy atom. The fraction of sp³-hybridized carbons (Fsp3) is 0.458. The molecule has 0 aliphatic carbocycles. The van der Waals surface area contributed by atoms with Crippen molar-refractivity contribution in [3.05, 3.63) is 52.9 Å². The van der Waals surface area contributed by atoms with Crippen LogP contribution in [0.5, 0.6) is 0 Å². The first-order valence-electron chi connectivity index (χ1n) is 11.3. The van der Waals surface area contributed by atoms with Gasteiger partial charge in [-0.25, -0.2) is 13.6 Å². The van der Waals surface area contributed by atoms with Gasteiger partial charge in [0.2, 0.25) is 11.8 Å². The number of nitrogens with one attached hydrogen (secondary N) is 1. The number of halogens is 2. The number of carbonyl (C=O) groups is 2. The van der Waals surface area contributed by atoms with Gasteiger partial charge >= 0.3 is 6.03 Å². The van der Waals surface area contributed by atoms with Crippen LogP contribution in [0, 0.1) is 24.0 Å². The van der Waals surface area contributed by atoms with Gasteiger partial charge in [-0.3, -0.25) is 4.79 Å². The normalized spacial score (nSPS) is 14.5. The molecule has 0 saturated carbocycles. The van der Waals surface area contributed by atoms with Gasteiger partial charge in [0.15, 0.2) is 17.4 Å². The van der Waals surface area contributed by atoms with E-state index in [9.17, 15) is 18.4 Å². The van der Waals surface area contributed by atoms with Crippen LogP contribution in [0.2, 0.25) is 0 Å². The van der Waals surface area contributed by atoms with E-state index < -0.39 is 29.1 Å². The van der Waals surface area contributed by atoms with Crippen LogP contribution in [0.15, 0.2) is 22.6 Å². The number of amides is 1. The van der Waals surface area contributed by atoms with Crippen molar-refractivity contribution in [3.63, 3.8) is 0 Å². The molecule has 186 valence electrons. The molecule has 11 heteroatoms. The average Bonchev–Trinajstić information content (AvgIpc) is 3.40. The number of rotatable bonds is 6. The molecule has 4 rings (SSSR count). The van der Waals surface area contributed by atoms with Crippen LogP contribution < -0.4 is 5.32 Å². The molecular formula is C24H27F2N5O4. The summed E-state index contributed by atoms with van der Waals surface area (Å²) in [5.74, 6) is -1.41. The molecule has 0 bridgehead atoms. The minimum atomic E-state index is -1.01. The lowest BCUT2D eigenvalue weighted by Gasteiger charge is -2.30. The van der Waals surface area contributed by atoms with Crippen molar-refractivity contribution < 1.29 is 27.5 Å². The number of fused-ring (bicyclic) bond motifs is 1. The molecule has 35 heavy (non-hydrogen) atoms. The molecule has 0 fully saturated rings. The largest absolute Gasteiger partial charge is 0.426 e. The summed E-state index contributed by atoms with van der Waals surface area (Å²) in [7, 11) is 0. The zero-order valence-electron chi connectivity index (χ0n) is 20.0. The minimum Gasteiger partial charge on any atom is -0.426 e. The van der Waals surface area contributed by atoms with Gasteiger partial charge in [-0.2, -0.15) is 9.78 Å².